The highest BCUT2D eigenvalue weighted by atomic mass is 32.2. The number of nitrogens with zero attached hydrogens (tertiary/aromatic N) is 1. The SMILES string of the molecule is CC(=O)c1ccc(S(=O)(=O)N(C)C2CCOc3ccccc32)cc1. The topological polar surface area (TPSA) is 63.7 Å². The summed E-state index contributed by atoms with van der Waals surface area (Å²) in [4.78, 5) is 11.5. The number of hydrogen-bond donors (Lipinski definition) is 0. The quantitative estimate of drug-likeness (QED) is 0.799. The number of carbonyl (C=O) groups excluding carboxylic acids is 1. The van der Waals surface area contributed by atoms with Crippen molar-refractivity contribution in [3.05, 3.63) is 59.7 Å². The summed E-state index contributed by atoms with van der Waals surface area (Å²) in [6.45, 7) is 1.93. The lowest BCUT2D eigenvalue weighted by atomic mass is 10.0. The molecule has 1 heterocycles. The van der Waals surface area contributed by atoms with Gasteiger partial charge in [0, 0.05) is 24.6 Å². The normalized spacial score (nSPS) is 17.2. The molecule has 0 N–H and O–H groups in total. The van der Waals surface area contributed by atoms with Crippen LogP contribution in [-0.2, 0) is 10.0 Å². The summed E-state index contributed by atoms with van der Waals surface area (Å²) in [6, 6.07) is 13.3. The Bertz CT molecular complexity index is 859. The lowest BCUT2D eigenvalue weighted by molar-refractivity contribution is 0.101. The van der Waals surface area contributed by atoms with Crippen molar-refractivity contribution in [3.63, 3.8) is 0 Å². The predicted molar refractivity (Wildman–Crippen MR) is 90.7 cm³/mol. The van der Waals surface area contributed by atoms with E-state index < -0.39 is 10.0 Å². The number of ketones is 1. The molecule has 0 saturated carbocycles. The van der Waals surface area contributed by atoms with E-state index >= 15 is 0 Å². The molecule has 0 fully saturated rings. The van der Waals surface area contributed by atoms with Crippen LogP contribution in [0.3, 0.4) is 0 Å². The third-order valence-electron chi connectivity index (χ3n) is 4.30. The van der Waals surface area contributed by atoms with Crippen LogP contribution in [0.2, 0.25) is 0 Å². The number of para-hydroxylation sites is 1. The van der Waals surface area contributed by atoms with Gasteiger partial charge in [0.15, 0.2) is 5.78 Å². The smallest absolute Gasteiger partial charge is 0.243 e. The Morgan fingerprint density at radius 3 is 2.46 bits per heavy atom. The Morgan fingerprint density at radius 1 is 1.12 bits per heavy atom. The van der Waals surface area contributed by atoms with Gasteiger partial charge in [-0.15, -0.1) is 0 Å². The predicted octanol–water partition coefficient (Wildman–Crippen LogP) is 3.03. The van der Waals surface area contributed by atoms with E-state index in [2.05, 4.69) is 0 Å². The molecule has 0 aliphatic carbocycles. The second-order valence-electron chi connectivity index (χ2n) is 5.79. The number of sulfonamides is 1. The number of fused-ring (bicyclic) bond motifs is 1. The Morgan fingerprint density at radius 2 is 1.79 bits per heavy atom. The molecule has 0 aromatic heterocycles. The van der Waals surface area contributed by atoms with Gasteiger partial charge in [-0.25, -0.2) is 8.42 Å². The first-order valence-electron chi connectivity index (χ1n) is 7.72. The zero-order valence-corrected chi connectivity index (χ0v) is 14.4. The zero-order valence-electron chi connectivity index (χ0n) is 13.6. The van der Waals surface area contributed by atoms with Gasteiger partial charge in [-0.05, 0) is 25.1 Å². The van der Waals surface area contributed by atoms with Gasteiger partial charge in [-0.1, -0.05) is 30.3 Å². The van der Waals surface area contributed by atoms with E-state index in [4.69, 9.17) is 4.74 Å². The maximum absolute atomic E-state index is 12.9. The number of carbonyl (C=O) groups is 1. The monoisotopic (exact) mass is 345 g/mol. The van der Waals surface area contributed by atoms with Crippen molar-refractivity contribution in [2.45, 2.75) is 24.3 Å². The summed E-state index contributed by atoms with van der Waals surface area (Å²) in [5, 5.41) is 0. The molecule has 0 spiro atoms. The van der Waals surface area contributed by atoms with Gasteiger partial charge in [-0.2, -0.15) is 4.31 Å². The molecule has 5 nitrogen and oxygen atoms in total. The van der Waals surface area contributed by atoms with Gasteiger partial charge in [0.25, 0.3) is 0 Å². The molecule has 1 aliphatic heterocycles. The van der Waals surface area contributed by atoms with Crippen LogP contribution in [0.5, 0.6) is 5.75 Å². The molecular formula is C18H19NO4S. The van der Waals surface area contributed by atoms with Gasteiger partial charge in [0.1, 0.15) is 5.75 Å². The molecule has 24 heavy (non-hydrogen) atoms. The fourth-order valence-corrected chi connectivity index (χ4v) is 4.26. The Kier molecular flexibility index (Phi) is 4.43. The Labute approximate surface area is 141 Å². The van der Waals surface area contributed by atoms with Gasteiger partial charge >= 0.3 is 0 Å². The number of rotatable bonds is 4. The lowest BCUT2D eigenvalue weighted by Gasteiger charge is -2.32. The summed E-state index contributed by atoms with van der Waals surface area (Å²) in [5.41, 5.74) is 1.36. The fourth-order valence-electron chi connectivity index (χ4n) is 2.90. The minimum Gasteiger partial charge on any atom is -0.493 e. The average Bonchev–Trinajstić information content (AvgIpc) is 2.60. The van der Waals surface area contributed by atoms with Crippen molar-refractivity contribution in [1.29, 1.82) is 0 Å². The maximum atomic E-state index is 12.9. The van der Waals surface area contributed by atoms with Gasteiger partial charge < -0.3 is 4.74 Å². The van der Waals surface area contributed by atoms with Crippen LogP contribution in [0.25, 0.3) is 0 Å². The third-order valence-corrected chi connectivity index (χ3v) is 6.18. The molecule has 0 radical (unpaired) electrons. The van der Waals surface area contributed by atoms with Crippen molar-refractivity contribution in [2.24, 2.45) is 0 Å². The minimum atomic E-state index is -3.66. The maximum Gasteiger partial charge on any atom is 0.243 e. The van der Waals surface area contributed by atoms with Crippen molar-refractivity contribution in [2.75, 3.05) is 13.7 Å². The first-order chi connectivity index (χ1) is 11.4. The van der Waals surface area contributed by atoms with Crippen molar-refractivity contribution in [3.8, 4) is 5.75 Å². The standard InChI is InChI=1S/C18H19NO4S/c1-13(20)14-7-9-15(10-8-14)24(21,22)19(2)17-11-12-23-18-6-4-3-5-16(17)18/h3-10,17H,11-12H2,1-2H3. The molecule has 1 aliphatic rings. The molecule has 0 amide bonds. The number of hydrogen-bond acceptors (Lipinski definition) is 4. The van der Waals surface area contributed by atoms with Gasteiger partial charge in [-0.3, -0.25) is 4.79 Å². The largest absolute Gasteiger partial charge is 0.493 e. The van der Waals surface area contributed by atoms with Crippen LogP contribution in [0.1, 0.15) is 35.3 Å². The van der Waals surface area contributed by atoms with Crippen LogP contribution in [0, 0.1) is 0 Å². The molecule has 1 unspecified atom stereocenters. The first kappa shape index (κ1) is 16.7. The molecule has 3 rings (SSSR count). The van der Waals surface area contributed by atoms with Crippen molar-refractivity contribution in [1.82, 2.24) is 4.31 Å². The minimum absolute atomic E-state index is 0.0920. The summed E-state index contributed by atoms with van der Waals surface area (Å²) in [6.07, 6.45) is 0.596. The molecule has 2 aromatic rings. The van der Waals surface area contributed by atoms with Crippen LogP contribution in [0.4, 0.5) is 0 Å². The van der Waals surface area contributed by atoms with Crippen LogP contribution in [0.15, 0.2) is 53.4 Å². The van der Waals surface area contributed by atoms with E-state index in [-0.39, 0.29) is 16.7 Å². The van der Waals surface area contributed by atoms with Crippen molar-refractivity contribution >= 4 is 15.8 Å². The fraction of sp³-hybridized carbons (Fsp3) is 0.278. The molecule has 1 atom stereocenters. The molecule has 2 aromatic carbocycles. The van der Waals surface area contributed by atoms with E-state index in [1.165, 1.54) is 23.4 Å². The lowest BCUT2D eigenvalue weighted by Crippen LogP contribution is -2.34. The second kappa shape index (κ2) is 6.37. The first-order valence-corrected chi connectivity index (χ1v) is 9.16. The summed E-state index contributed by atoms with van der Waals surface area (Å²) < 4.78 is 32.8. The highest BCUT2D eigenvalue weighted by Gasteiger charge is 2.32. The van der Waals surface area contributed by atoms with E-state index in [0.29, 0.717) is 18.6 Å². The third kappa shape index (κ3) is 2.95. The molecule has 126 valence electrons. The van der Waals surface area contributed by atoms with E-state index in [1.54, 1.807) is 19.2 Å². The summed E-state index contributed by atoms with van der Waals surface area (Å²) >= 11 is 0. The van der Waals surface area contributed by atoms with E-state index in [1.807, 2.05) is 24.3 Å². The highest BCUT2D eigenvalue weighted by Crippen LogP contribution is 2.37. The molecule has 6 heteroatoms. The van der Waals surface area contributed by atoms with Crippen LogP contribution in [-0.4, -0.2) is 32.2 Å². The van der Waals surface area contributed by atoms with E-state index in [9.17, 15) is 13.2 Å². The number of Topliss-reactive ketones (excluding diaryl/α,β-unsaturated/α-hetero) is 1. The van der Waals surface area contributed by atoms with Crippen LogP contribution >= 0.6 is 0 Å². The molecule has 0 bridgehead atoms. The van der Waals surface area contributed by atoms with Crippen molar-refractivity contribution < 1.29 is 17.9 Å². The number of ether oxygens (including phenoxy) is 1. The van der Waals surface area contributed by atoms with Crippen LogP contribution < -0.4 is 4.74 Å². The summed E-state index contributed by atoms with van der Waals surface area (Å²) in [5.74, 6) is 0.633. The van der Waals surface area contributed by atoms with E-state index in [0.717, 1.165) is 11.3 Å². The average molecular weight is 345 g/mol. The molecular weight excluding hydrogens is 326 g/mol. The summed E-state index contributed by atoms with van der Waals surface area (Å²) in [7, 11) is -2.07. The van der Waals surface area contributed by atoms with Gasteiger partial charge in [0.2, 0.25) is 10.0 Å². The Balaban J connectivity index is 1.94. The number of benzene rings is 2. The van der Waals surface area contributed by atoms with Gasteiger partial charge in [0.05, 0.1) is 17.5 Å². The Hall–Kier alpha value is -2.18. The second-order valence-corrected chi connectivity index (χ2v) is 7.79. The zero-order chi connectivity index (χ0) is 17.3. The highest BCUT2D eigenvalue weighted by molar-refractivity contribution is 7.89. The molecule has 0 saturated heterocycles.